The fourth-order valence-corrected chi connectivity index (χ4v) is 1.49. The summed E-state index contributed by atoms with van der Waals surface area (Å²) in [4.78, 5) is 21.5. The van der Waals surface area contributed by atoms with Gasteiger partial charge in [-0.1, -0.05) is 6.07 Å². The monoisotopic (exact) mass is 265 g/mol. The van der Waals surface area contributed by atoms with Crippen LogP contribution in [0, 0.1) is 13.8 Å². The third kappa shape index (κ3) is 5.90. The summed E-state index contributed by atoms with van der Waals surface area (Å²) in [6.07, 6.45) is 0.816. The topological polar surface area (TPSA) is 75.6 Å². The number of carbonyl (C=O) groups excluding carboxylic acids is 1. The molecule has 5 nitrogen and oxygen atoms in total. The maximum absolute atomic E-state index is 11.2. The van der Waals surface area contributed by atoms with Gasteiger partial charge in [-0.25, -0.2) is 0 Å². The van der Waals surface area contributed by atoms with Gasteiger partial charge in [0.2, 0.25) is 5.91 Å². The first-order valence-electron chi connectivity index (χ1n) is 6.17. The van der Waals surface area contributed by atoms with Crippen molar-refractivity contribution in [1.82, 2.24) is 5.32 Å². The lowest BCUT2D eigenvalue weighted by molar-refractivity contribution is -0.137. The summed E-state index contributed by atoms with van der Waals surface area (Å²) in [5, 5.41) is 10.7. The van der Waals surface area contributed by atoms with Crippen molar-refractivity contribution in [3.8, 4) is 5.75 Å². The summed E-state index contributed by atoms with van der Waals surface area (Å²) in [5.41, 5.74) is 2.37. The van der Waals surface area contributed by atoms with Crippen LogP contribution < -0.4 is 10.1 Å². The highest BCUT2D eigenvalue weighted by Crippen LogP contribution is 2.16. The number of hydrogen-bond donors (Lipinski definition) is 2. The third-order valence-corrected chi connectivity index (χ3v) is 2.73. The molecular formula is C14H19NO4. The van der Waals surface area contributed by atoms with Crippen molar-refractivity contribution in [2.45, 2.75) is 26.7 Å². The average Bonchev–Trinajstić information content (AvgIpc) is 2.36. The van der Waals surface area contributed by atoms with Gasteiger partial charge in [-0.05, 0) is 43.5 Å². The van der Waals surface area contributed by atoms with Gasteiger partial charge in [-0.2, -0.15) is 0 Å². The van der Waals surface area contributed by atoms with Crippen LogP contribution >= 0.6 is 0 Å². The second-order valence-electron chi connectivity index (χ2n) is 4.37. The number of carboxylic acids is 1. The minimum absolute atomic E-state index is 0.262. The molecule has 0 spiro atoms. The molecule has 0 aromatic heterocycles. The fraction of sp³-hybridized carbons (Fsp3) is 0.429. The molecule has 0 aliphatic carbocycles. The fourth-order valence-electron chi connectivity index (χ4n) is 1.49. The largest absolute Gasteiger partial charge is 0.494 e. The van der Waals surface area contributed by atoms with E-state index in [2.05, 4.69) is 5.32 Å². The third-order valence-electron chi connectivity index (χ3n) is 2.73. The molecule has 0 aliphatic heterocycles. The summed E-state index contributed by atoms with van der Waals surface area (Å²) in [7, 11) is 0. The van der Waals surface area contributed by atoms with E-state index in [0.29, 0.717) is 13.0 Å². The smallest absolute Gasteiger partial charge is 0.322 e. The number of amides is 1. The second-order valence-corrected chi connectivity index (χ2v) is 4.37. The van der Waals surface area contributed by atoms with E-state index < -0.39 is 5.97 Å². The van der Waals surface area contributed by atoms with E-state index in [4.69, 9.17) is 9.84 Å². The van der Waals surface area contributed by atoms with Gasteiger partial charge in [-0.3, -0.25) is 9.59 Å². The average molecular weight is 265 g/mol. The Bertz CT molecular complexity index is 457. The van der Waals surface area contributed by atoms with Gasteiger partial charge in [0.15, 0.2) is 0 Å². The van der Waals surface area contributed by atoms with E-state index in [1.165, 1.54) is 5.56 Å². The molecule has 0 atom stereocenters. The van der Waals surface area contributed by atoms with Gasteiger partial charge in [0.25, 0.3) is 0 Å². The van der Waals surface area contributed by atoms with E-state index in [9.17, 15) is 9.59 Å². The van der Waals surface area contributed by atoms with Crippen molar-refractivity contribution >= 4 is 11.9 Å². The molecule has 104 valence electrons. The number of carbonyl (C=O) groups is 2. The Morgan fingerprint density at radius 2 is 2.00 bits per heavy atom. The zero-order valence-electron chi connectivity index (χ0n) is 11.2. The van der Waals surface area contributed by atoms with Gasteiger partial charge in [0.1, 0.15) is 12.3 Å². The number of benzene rings is 1. The number of ether oxygens (including phenoxy) is 1. The first kappa shape index (κ1) is 15.0. The molecule has 1 rings (SSSR count). The second kappa shape index (κ2) is 7.41. The quantitative estimate of drug-likeness (QED) is 0.735. The molecule has 0 heterocycles. The number of aryl methyl sites for hydroxylation is 2. The van der Waals surface area contributed by atoms with Crippen molar-refractivity contribution in [1.29, 1.82) is 0 Å². The molecule has 1 aromatic carbocycles. The number of rotatable bonds is 7. The molecule has 0 unspecified atom stereocenters. The Hall–Kier alpha value is -2.04. The summed E-state index contributed by atoms with van der Waals surface area (Å²) >= 11 is 0. The maximum Gasteiger partial charge on any atom is 0.322 e. The van der Waals surface area contributed by atoms with Gasteiger partial charge < -0.3 is 15.2 Å². The number of carboxylic acid groups (broad SMARTS) is 1. The van der Waals surface area contributed by atoms with E-state index >= 15 is 0 Å². The molecular weight excluding hydrogens is 246 g/mol. The Kier molecular flexibility index (Phi) is 5.85. The van der Waals surface area contributed by atoms with Crippen LogP contribution in [0.15, 0.2) is 18.2 Å². The highest BCUT2D eigenvalue weighted by atomic mass is 16.5. The molecule has 2 N–H and O–H groups in total. The summed E-state index contributed by atoms with van der Waals surface area (Å²) in [6.45, 7) is 4.15. The Morgan fingerprint density at radius 1 is 1.26 bits per heavy atom. The van der Waals surface area contributed by atoms with Gasteiger partial charge >= 0.3 is 5.97 Å². The van der Waals surface area contributed by atoms with E-state index in [1.54, 1.807) is 0 Å². The molecule has 1 amide bonds. The van der Waals surface area contributed by atoms with Gasteiger partial charge in [0.05, 0.1) is 6.61 Å². The van der Waals surface area contributed by atoms with Crippen LogP contribution in [0.25, 0.3) is 0 Å². The highest BCUT2D eigenvalue weighted by Gasteiger charge is 2.04. The van der Waals surface area contributed by atoms with Crippen LogP contribution in [0.5, 0.6) is 5.75 Å². The van der Waals surface area contributed by atoms with Crippen molar-refractivity contribution < 1.29 is 19.4 Å². The van der Waals surface area contributed by atoms with Crippen molar-refractivity contribution in [2.24, 2.45) is 0 Å². The summed E-state index contributed by atoms with van der Waals surface area (Å²) in [5.74, 6) is -0.528. The molecule has 19 heavy (non-hydrogen) atoms. The molecule has 0 bridgehead atoms. The maximum atomic E-state index is 11.2. The molecule has 0 radical (unpaired) electrons. The van der Waals surface area contributed by atoms with Crippen LogP contribution in [0.1, 0.15) is 24.0 Å². The van der Waals surface area contributed by atoms with E-state index in [1.807, 2.05) is 32.0 Å². The lowest BCUT2D eigenvalue weighted by Crippen LogP contribution is -2.29. The van der Waals surface area contributed by atoms with E-state index in [0.717, 1.165) is 11.3 Å². The zero-order valence-corrected chi connectivity index (χ0v) is 11.2. The Labute approximate surface area is 112 Å². The van der Waals surface area contributed by atoms with Crippen LogP contribution in [0.4, 0.5) is 0 Å². The highest BCUT2D eigenvalue weighted by molar-refractivity contribution is 5.80. The summed E-state index contributed by atoms with van der Waals surface area (Å²) in [6, 6.07) is 5.84. The molecule has 5 heteroatoms. The van der Waals surface area contributed by atoms with Crippen molar-refractivity contribution in [3.63, 3.8) is 0 Å². The normalized spacial score (nSPS) is 10.0. The number of nitrogens with one attached hydrogen (secondary N) is 1. The molecule has 0 fully saturated rings. The molecule has 0 saturated carbocycles. The number of hydrogen-bond acceptors (Lipinski definition) is 3. The van der Waals surface area contributed by atoms with Crippen LogP contribution in [-0.4, -0.2) is 30.1 Å². The number of aliphatic carboxylic acids is 1. The SMILES string of the molecule is Cc1ccc(OCCCC(=O)NCC(=O)O)cc1C. The minimum atomic E-state index is -1.04. The van der Waals surface area contributed by atoms with Gasteiger partial charge in [-0.15, -0.1) is 0 Å². The Balaban J connectivity index is 2.21. The van der Waals surface area contributed by atoms with E-state index in [-0.39, 0.29) is 18.9 Å². The lowest BCUT2D eigenvalue weighted by atomic mass is 10.1. The van der Waals surface area contributed by atoms with Crippen LogP contribution in [0.3, 0.4) is 0 Å². The zero-order chi connectivity index (χ0) is 14.3. The van der Waals surface area contributed by atoms with Gasteiger partial charge in [0, 0.05) is 6.42 Å². The first-order chi connectivity index (χ1) is 8.99. The van der Waals surface area contributed by atoms with Crippen LogP contribution in [0.2, 0.25) is 0 Å². The Morgan fingerprint density at radius 3 is 2.63 bits per heavy atom. The van der Waals surface area contributed by atoms with Crippen LogP contribution in [-0.2, 0) is 9.59 Å². The minimum Gasteiger partial charge on any atom is -0.494 e. The van der Waals surface area contributed by atoms with Crippen molar-refractivity contribution in [2.75, 3.05) is 13.2 Å². The molecule has 0 aliphatic rings. The predicted octanol–water partition coefficient (Wildman–Crippen LogP) is 1.66. The lowest BCUT2D eigenvalue weighted by Gasteiger charge is -2.08. The first-order valence-corrected chi connectivity index (χ1v) is 6.17. The summed E-state index contributed by atoms with van der Waals surface area (Å²) < 4.78 is 5.52. The van der Waals surface area contributed by atoms with Crippen molar-refractivity contribution in [3.05, 3.63) is 29.3 Å². The molecule has 0 saturated heterocycles. The standard InChI is InChI=1S/C14H19NO4/c1-10-5-6-12(8-11(10)2)19-7-3-4-13(16)15-9-14(17)18/h5-6,8H,3-4,7,9H2,1-2H3,(H,15,16)(H,17,18). The predicted molar refractivity (Wildman–Crippen MR) is 71.3 cm³/mol. The molecule has 1 aromatic rings.